The quantitative estimate of drug-likeness (QED) is 0.208. The molecule has 0 bridgehead atoms. The first-order chi connectivity index (χ1) is 26.2. The molecule has 1 N–H and O–H groups in total. The maximum Gasteiger partial charge on any atom is 0.547 e. The molecule has 0 aromatic rings. The highest BCUT2D eigenvalue weighted by molar-refractivity contribution is 7.74. The highest BCUT2D eigenvalue weighted by Gasteiger charge is 2.56. The number of nitrogens with one attached hydrogen (secondary N) is 1. The van der Waals surface area contributed by atoms with Gasteiger partial charge in [-0.2, -0.15) is 5.06 Å². The first kappa shape index (κ1) is 46.5. The first-order valence-electron chi connectivity index (χ1n) is 20.9. The van der Waals surface area contributed by atoms with E-state index >= 15 is 0 Å². The second-order valence-corrected chi connectivity index (χ2v) is 26.6. The minimum absolute atomic E-state index is 0.139. The van der Waals surface area contributed by atoms with Gasteiger partial charge in [-0.1, -0.05) is 0 Å². The van der Waals surface area contributed by atoms with Crippen molar-refractivity contribution in [1.29, 1.82) is 0 Å². The molecule has 0 aliphatic carbocycles. The Morgan fingerprint density at radius 3 is 1.25 bits per heavy atom. The summed E-state index contributed by atoms with van der Waals surface area (Å²) < 4.78 is 51.8. The van der Waals surface area contributed by atoms with Crippen LogP contribution in [-0.4, -0.2) is 110 Å². The molecule has 2 atom stereocenters. The largest absolute Gasteiger partial charge is 0.547 e. The zero-order chi connectivity index (χ0) is 42.0. The van der Waals surface area contributed by atoms with Gasteiger partial charge in [-0.05, 0) is 160 Å². The lowest BCUT2D eigenvalue weighted by molar-refractivity contribution is -0.299. The predicted molar refractivity (Wildman–Crippen MR) is 216 cm³/mol. The number of hydrogen-bond acceptors (Lipinski definition) is 13. The van der Waals surface area contributed by atoms with Gasteiger partial charge in [0.15, 0.2) is 0 Å². The van der Waals surface area contributed by atoms with Crippen molar-refractivity contribution in [3.05, 3.63) is 0 Å². The molecule has 6 aliphatic rings. The van der Waals surface area contributed by atoms with Gasteiger partial charge >= 0.3 is 23.4 Å². The van der Waals surface area contributed by atoms with Gasteiger partial charge in [0.1, 0.15) is 6.10 Å². The van der Waals surface area contributed by atoms with Gasteiger partial charge in [-0.15, -0.1) is 45.1 Å². The van der Waals surface area contributed by atoms with E-state index in [4.69, 9.17) is 36.2 Å². The molecule has 6 heterocycles. The lowest BCUT2D eigenvalue weighted by Gasteiger charge is -2.51. The van der Waals surface area contributed by atoms with Crippen molar-refractivity contribution >= 4 is 23.4 Å². The normalized spacial score (nSPS) is 34.0. The fraction of sp³-hybridized carbons (Fsp3) is 1.00. The van der Waals surface area contributed by atoms with Gasteiger partial charge in [-0.3, -0.25) is 0 Å². The molecule has 17 nitrogen and oxygen atoms in total. The van der Waals surface area contributed by atoms with Crippen molar-refractivity contribution in [3.63, 3.8) is 0 Å². The van der Waals surface area contributed by atoms with Crippen molar-refractivity contribution < 1.29 is 43.4 Å². The van der Waals surface area contributed by atoms with Gasteiger partial charge in [0.25, 0.3) is 0 Å². The molecule has 4 radical (unpaired) electrons. The minimum atomic E-state index is -3.80. The Morgan fingerprint density at radius 1 is 0.509 bits per heavy atom. The maximum absolute atomic E-state index is 13.6. The maximum atomic E-state index is 13.6. The molecule has 0 aromatic carbocycles. The summed E-state index contributed by atoms with van der Waals surface area (Å²) in [5.41, 5.74) is -4.57. The number of piperidine rings is 5. The summed E-state index contributed by atoms with van der Waals surface area (Å²) in [6, 6.07) is 0. The van der Waals surface area contributed by atoms with Crippen LogP contribution in [0.4, 0.5) is 0 Å². The third-order valence-corrected chi connectivity index (χ3v) is 20.0. The molecule has 0 saturated carbocycles. The van der Waals surface area contributed by atoms with E-state index in [1.54, 1.807) is 0 Å². The van der Waals surface area contributed by atoms with Crippen molar-refractivity contribution in [1.82, 2.24) is 25.6 Å². The summed E-state index contributed by atoms with van der Waals surface area (Å²) in [5.74, 6) is 0. The van der Waals surface area contributed by atoms with Crippen LogP contribution in [0.2, 0.25) is 0 Å². The summed E-state index contributed by atoms with van der Waals surface area (Å²) in [5, 5.41) is 61.0. The Labute approximate surface area is 342 Å². The van der Waals surface area contributed by atoms with Crippen molar-refractivity contribution in [2.24, 2.45) is 13.5 Å². The van der Waals surface area contributed by atoms with Crippen LogP contribution in [0.1, 0.15) is 147 Å². The summed E-state index contributed by atoms with van der Waals surface area (Å²) in [6.07, 6.45) is 2.88. The molecule has 20 heteroatoms. The van der Waals surface area contributed by atoms with Gasteiger partial charge in [-0.25, -0.2) is 0 Å². The molecule has 5 saturated heterocycles. The number of nitrogens with zero attached hydrogens (tertiary/aromatic N) is 7. The Balaban J connectivity index is 1.53. The molecule has 6 aliphatic heterocycles. The lowest BCUT2D eigenvalue weighted by atomic mass is 9.80. The standard InChI is InChI=1S/C37H70N8O9P3/c1-32(2)21-29(22-33(3,4)43(32)47)52-56(51-28-15-19-42(46)20-16-28)39-55(50-27-13-17-38-18-14-27)40-57(41-56,53-30-23-34(5,6)44(48)35(7,8)24-30)54-31-25-36(9,10)45(49)37(11,12)26-31/h27-31,38H,13-26H2,1-12H3/q+1/t56-/m0/s1. The fourth-order valence-electron chi connectivity index (χ4n) is 10.1. The van der Waals surface area contributed by atoms with E-state index in [0.717, 1.165) is 46.2 Å². The van der Waals surface area contributed by atoms with E-state index < -0.39 is 81.1 Å². The Hall–Kier alpha value is 0.000000000000000125. The molecule has 0 amide bonds. The SMILES string of the molecule is CC1(C)CC(OP2(OC3CC(C)(C)N([O])C(C)(C)C3)=N[P+](OC3CCNCC3)=N[P@](OC3CCN([O])CC3)(OC3CC(C)(C)N([O])C(C)(C)C3)=N2)CC(C)(C)N1[O]. The summed E-state index contributed by atoms with van der Waals surface area (Å²) in [6.45, 7) is 25.3. The van der Waals surface area contributed by atoms with Crippen LogP contribution in [-0.2, 0) is 43.4 Å². The third-order valence-electron chi connectivity index (χ3n) is 12.3. The molecule has 0 spiro atoms. The van der Waals surface area contributed by atoms with Crippen LogP contribution in [0.5, 0.6) is 0 Å². The topological polar surface area (TPSA) is 188 Å². The Bertz CT molecular complexity index is 1490. The van der Waals surface area contributed by atoms with Crippen LogP contribution < -0.4 is 5.32 Å². The van der Waals surface area contributed by atoms with E-state index in [-0.39, 0.29) is 6.10 Å². The van der Waals surface area contributed by atoms with E-state index in [2.05, 4.69) is 5.32 Å². The second-order valence-electron chi connectivity index (χ2n) is 21.0. The van der Waals surface area contributed by atoms with Crippen LogP contribution in [0.15, 0.2) is 13.5 Å². The molecule has 0 aromatic heterocycles. The summed E-state index contributed by atoms with van der Waals surface area (Å²) in [4.78, 5) is 0. The number of rotatable bonds is 10. The predicted octanol–water partition coefficient (Wildman–Crippen LogP) is 9.13. The van der Waals surface area contributed by atoms with Crippen LogP contribution in [0.3, 0.4) is 0 Å². The number of hydrogen-bond donors (Lipinski definition) is 1. The minimum Gasteiger partial charge on any atom is -0.317 e. The molecule has 1 unspecified atom stereocenters. The van der Waals surface area contributed by atoms with E-state index in [1.807, 2.05) is 83.1 Å². The molecule has 57 heavy (non-hydrogen) atoms. The average molecular weight is 864 g/mol. The van der Waals surface area contributed by atoms with E-state index in [9.17, 15) is 20.8 Å². The van der Waals surface area contributed by atoms with Crippen molar-refractivity contribution in [2.45, 2.75) is 211 Å². The van der Waals surface area contributed by atoms with Crippen molar-refractivity contribution in [3.8, 4) is 0 Å². The van der Waals surface area contributed by atoms with Gasteiger partial charge in [0, 0.05) is 55.4 Å². The summed E-state index contributed by atoms with van der Waals surface area (Å²) >= 11 is 0. The van der Waals surface area contributed by atoms with Gasteiger partial charge in [0.2, 0.25) is 0 Å². The molecule has 6 rings (SSSR count). The lowest BCUT2D eigenvalue weighted by Crippen LogP contribution is -2.60. The van der Waals surface area contributed by atoms with E-state index in [0.29, 0.717) is 64.5 Å². The number of hydroxylamine groups is 8. The highest BCUT2D eigenvalue weighted by Crippen LogP contribution is 2.77. The van der Waals surface area contributed by atoms with Gasteiger partial charge < -0.3 is 23.4 Å². The first-order valence-corrected chi connectivity index (χ1v) is 25.1. The fourth-order valence-corrected chi connectivity index (χ4v) is 18.7. The molecular weight excluding hydrogens is 793 g/mol. The molecule has 326 valence electrons. The average Bonchev–Trinajstić information content (AvgIpc) is 3.05. The summed E-state index contributed by atoms with van der Waals surface area (Å²) in [7, 11) is -9.58. The zero-order valence-corrected chi connectivity index (χ0v) is 39.1. The highest BCUT2D eigenvalue weighted by atomic mass is 31.3. The van der Waals surface area contributed by atoms with Crippen LogP contribution in [0.25, 0.3) is 0 Å². The smallest absolute Gasteiger partial charge is 0.317 e. The Morgan fingerprint density at radius 2 is 0.860 bits per heavy atom. The molecular formula is C37H70N8O9P3+. The third kappa shape index (κ3) is 10.6. The van der Waals surface area contributed by atoms with E-state index in [1.165, 1.54) is 0 Å². The van der Waals surface area contributed by atoms with Crippen LogP contribution in [0, 0.1) is 0 Å². The van der Waals surface area contributed by atoms with Gasteiger partial charge in [0.05, 0.1) is 24.4 Å². The Kier molecular flexibility index (Phi) is 13.5. The van der Waals surface area contributed by atoms with Crippen LogP contribution >= 0.6 is 23.4 Å². The zero-order valence-electron chi connectivity index (χ0n) is 36.4. The molecule has 5 fully saturated rings. The second kappa shape index (κ2) is 16.6. The van der Waals surface area contributed by atoms with Crippen molar-refractivity contribution in [2.75, 3.05) is 26.2 Å². The monoisotopic (exact) mass is 863 g/mol.